The van der Waals surface area contributed by atoms with E-state index >= 15 is 0 Å². The third-order valence-electron chi connectivity index (χ3n) is 1.99. The number of halogens is 4. The van der Waals surface area contributed by atoms with Gasteiger partial charge in [0.1, 0.15) is 11.5 Å². The summed E-state index contributed by atoms with van der Waals surface area (Å²) in [6.45, 7) is 0. The molecule has 2 aromatic rings. The normalized spacial score (nSPS) is 10.5. The molecule has 0 aliphatic rings. The Morgan fingerprint density at radius 2 is 1.94 bits per heavy atom. The van der Waals surface area contributed by atoms with E-state index in [2.05, 4.69) is 25.9 Å². The van der Waals surface area contributed by atoms with Gasteiger partial charge in [0.05, 0.1) is 5.02 Å². The summed E-state index contributed by atoms with van der Waals surface area (Å²) in [5.74, 6) is -0.548. The molecule has 0 fully saturated rings. The molecule has 82 valence electrons. The van der Waals surface area contributed by atoms with Gasteiger partial charge in [-0.05, 0) is 22.0 Å². The second-order valence-electron chi connectivity index (χ2n) is 2.95. The third-order valence-corrected chi connectivity index (χ3v) is 3.55. The van der Waals surface area contributed by atoms with Crippen LogP contribution in [0.15, 0.2) is 29.1 Å². The van der Waals surface area contributed by atoms with Crippen molar-refractivity contribution in [3.63, 3.8) is 0 Å². The molecule has 0 radical (unpaired) electrons. The summed E-state index contributed by atoms with van der Waals surface area (Å²) in [5, 5.41) is 0.199. The molecule has 0 bridgehead atoms. The maximum absolute atomic E-state index is 13.9. The molecule has 2 nitrogen and oxygen atoms in total. The fraction of sp³-hybridized carbons (Fsp3) is 0. The Hall–Kier alpha value is -0.710. The summed E-state index contributed by atoms with van der Waals surface area (Å²) < 4.78 is 14.3. The van der Waals surface area contributed by atoms with Gasteiger partial charge in [0, 0.05) is 21.8 Å². The Morgan fingerprint density at radius 1 is 1.19 bits per heavy atom. The fourth-order valence-electron chi connectivity index (χ4n) is 1.23. The van der Waals surface area contributed by atoms with Gasteiger partial charge in [-0.3, -0.25) is 0 Å². The van der Waals surface area contributed by atoms with E-state index in [4.69, 9.17) is 23.2 Å². The van der Waals surface area contributed by atoms with Crippen molar-refractivity contribution in [2.24, 2.45) is 0 Å². The molecule has 0 aliphatic carbocycles. The first kappa shape index (κ1) is 11.8. The minimum Gasteiger partial charge on any atom is -0.244 e. The monoisotopic (exact) mass is 320 g/mol. The molecule has 0 amide bonds. The van der Waals surface area contributed by atoms with E-state index < -0.39 is 5.82 Å². The van der Waals surface area contributed by atoms with Crippen LogP contribution in [0.4, 0.5) is 4.39 Å². The maximum atomic E-state index is 13.9. The highest BCUT2D eigenvalue weighted by Gasteiger charge is 2.14. The maximum Gasteiger partial charge on any atom is 0.150 e. The van der Waals surface area contributed by atoms with Crippen LogP contribution in [0.5, 0.6) is 0 Å². The van der Waals surface area contributed by atoms with Crippen LogP contribution in [-0.2, 0) is 0 Å². The largest absolute Gasteiger partial charge is 0.244 e. The van der Waals surface area contributed by atoms with E-state index in [9.17, 15) is 4.39 Å². The molecule has 1 heterocycles. The van der Waals surface area contributed by atoms with Crippen molar-refractivity contribution in [3.05, 3.63) is 45.1 Å². The van der Waals surface area contributed by atoms with Gasteiger partial charge in [-0.15, -0.1) is 0 Å². The van der Waals surface area contributed by atoms with Crippen molar-refractivity contribution in [2.75, 3.05) is 0 Å². The summed E-state index contributed by atoms with van der Waals surface area (Å²) in [6, 6.07) is 3.21. The van der Waals surface area contributed by atoms with Crippen LogP contribution in [0.3, 0.4) is 0 Å². The zero-order valence-corrected chi connectivity index (χ0v) is 10.8. The lowest BCUT2D eigenvalue weighted by Gasteiger charge is -2.06. The molecule has 0 spiro atoms. The molecule has 2 rings (SSSR count). The number of aromatic nitrogens is 2. The van der Waals surface area contributed by atoms with Gasteiger partial charge in [0.2, 0.25) is 0 Å². The third kappa shape index (κ3) is 2.05. The zero-order valence-electron chi connectivity index (χ0n) is 7.72. The van der Waals surface area contributed by atoms with Crippen LogP contribution in [0.2, 0.25) is 10.2 Å². The average molecular weight is 322 g/mol. The minimum atomic E-state index is -0.548. The zero-order chi connectivity index (χ0) is 11.7. The standard InChI is InChI=1S/C10H4BrCl2FN2/c11-7-2-1-5(9(14)8(7)12)6-3-15-4-16-10(6)13/h1-4H. The van der Waals surface area contributed by atoms with Crippen molar-refractivity contribution < 1.29 is 4.39 Å². The Balaban J connectivity index is 2.66. The van der Waals surface area contributed by atoms with Crippen LogP contribution in [0.1, 0.15) is 0 Å². The summed E-state index contributed by atoms with van der Waals surface area (Å²) in [5.41, 5.74) is 0.690. The van der Waals surface area contributed by atoms with Gasteiger partial charge in [0.25, 0.3) is 0 Å². The van der Waals surface area contributed by atoms with E-state index in [1.54, 1.807) is 12.1 Å². The molecular formula is C10H4BrCl2FN2. The lowest BCUT2D eigenvalue weighted by molar-refractivity contribution is 0.630. The highest BCUT2D eigenvalue weighted by atomic mass is 79.9. The second kappa shape index (κ2) is 4.65. The number of benzene rings is 1. The molecule has 1 aromatic heterocycles. The quantitative estimate of drug-likeness (QED) is 0.576. The number of hydrogen-bond acceptors (Lipinski definition) is 2. The lowest BCUT2D eigenvalue weighted by atomic mass is 10.1. The van der Waals surface area contributed by atoms with Crippen LogP contribution < -0.4 is 0 Å². The predicted molar refractivity (Wildman–Crippen MR) is 65.1 cm³/mol. The van der Waals surface area contributed by atoms with Gasteiger partial charge in [-0.1, -0.05) is 29.3 Å². The smallest absolute Gasteiger partial charge is 0.150 e. The molecule has 0 saturated heterocycles. The summed E-state index contributed by atoms with van der Waals surface area (Å²) in [6.07, 6.45) is 2.74. The number of nitrogens with zero attached hydrogens (tertiary/aromatic N) is 2. The summed E-state index contributed by atoms with van der Waals surface area (Å²) in [4.78, 5) is 7.58. The molecule has 0 saturated carbocycles. The van der Waals surface area contributed by atoms with Crippen LogP contribution >= 0.6 is 39.1 Å². The second-order valence-corrected chi connectivity index (χ2v) is 4.54. The molecular weight excluding hydrogens is 318 g/mol. The minimum absolute atomic E-state index is 0.0115. The van der Waals surface area contributed by atoms with Crippen molar-refractivity contribution in [1.29, 1.82) is 0 Å². The van der Waals surface area contributed by atoms with Gasteiger partial charge in [-0.25, -0.2) is 14.4 Å². The number of rotatable bonds is 1. The molecule has 1 aromatic carbocycles. The summed E-state index contributed by atoms with van der Waals surface area (Å²) in [7, 11) is 0. The Morgan fingerprint density at radius 3 is 2.62 bits per heavy atom. The van der Waals surface area contributed by atoms with Crippen LogP contribution in [0, 0.1) is 5.82 Å². The molecule has 0 aliphatic heterocycles. The van der Waals surface area contributed by atoms with E-state index in [0.29, 0.717) is 10.0 Å². The van der Waals surface area contributed by atoms with Crippen molar-refractivity contribution >= 4 is 39.1 Å². The highest BCUT2D eigenvalue weighted by Crippen LogP contribution is 2.34. The van der Waals surface area contributed by atoms with Crippen LogP contribution in [0.25, 0.3) is 11.1 Å². The van der Waals surface area contributed by atoms with Gasteiger partial charge in [-0.2, -0.15) is 0 Å². The predicted octanol–water partition coefficient (Wildman–Crippen LogP) is 4.35. The first-order chi connectivity index (χ1) is 7.61. The fourth-order valence-corrected chi connectivity index (χ4v) is 1.89. The van der Waals surface area contributed by atoms with Gasteiger partial charge in [0.15, 0.2) is 5.82 Å². The Labute approximate surface area is 110 Å². The van der Waals surface area contributed by atoms with Crippen molar-refractivity contribution in [3.8, 4) is 11.1 Å². The SMILES string of the molecule is Fc1c(-c2cncnc2Cl)ccc(Br)c1Cl. The lowest BCUT2D eigenvalue weighted by Crippen LogP contribution is -1.90. The Kier molecular flexibility index (Phi) is 3.42. The summed E-state index contributed by atoms with van der Waals surface area (Å²) >= 11 is 14.8. The Bertz CT molecular complexity index is 548. The van der Waals surface area contributed by atoms with E-state index in [1.807, 2.05) is 0 Å². The molecule has 0 N–H and O–H groups in total. The highest BCUT2D eigenvalue weighted by molar-refractivity contribution is 9.10. The molecule has 0 unspecified atom stereocenters. The van der Waals surface area contributed by atoms with Gasteiger partial charge < -0.3 is 0 Å². The topological polar surface area (TPSA) is 25.8 Å². The molecule has 6 heteroatoms. The van der Waals surface area contributed by atoms with E-state index in [-0.39, 0.29) is 15.7 Å². The van der Waals surface area contributed by atoms with Gasteiger partial charge >= 0.3 is 0 Å². The van der Waals surface area contributed by atoms with Crippen LogP contribution in [-0.4, -0.2) is 9.97 Å². The van der Waals surface area contributed by atoms with E-state index in [1.165, 1.54) is 12.5 Å². The van der Waals surface area contributed by atoms with E-state index in [0.717, 1.165) is 0 Å². The first-order valence-corrected chi connectivity index (χ1v) is 5.75. The van der Waals surface area contributed by atoms with Crippen molar-refractivity contribution in [1.82, 2.24) is 9.97 Å². The molecule has 16 heavy (non-hydrogen) atoms. The average Bonchev–Trinajstić information content (AvgIpc) is 2.28. The molecule has 0 atom stereocenters. The first-order valence-electron chi connectivity index (χ1n) is 4.20. The number of hydrogen-bond donors (Lipinski definition) is 0. The van der Waals surface area contributed by atoms with Crippen molar-refractivity contribution in [2.45, 2.75) is 0 Å².